The van der Waals surface area contributed by atoms with Crippen LogP contribution in [0.15, 0.2) is 0 Å². The summed E-state index contributed by atoms with van der Waals surface area (Å²) in [6.45, 7) is 3.20. The van der Waals surface area contributed by atoms with Crippen LogP contribution in [0.3, 0.4) is 0 Å². The van der Waals surface area contributed by atoms with Crippen LogP contribution in [0.1, 0.15) is 0 Å². The van der Waals surface area contributed by atoms with Gasteiger partial charge in [-0.25, -0.2) is 0 Å². The van der Waals surface area contributed by atoms with Crippen LogP contribution in [-0.4, -0.2) is 191 Å². The molecule has 0 saturated carbocycles. The van der Waals surface area contributed by atoms with Gasteiger partial charge in [-0.1, -0.05) is 0 Å². The first-order valence-corrected chi connectivity index (χ1v) is 9.82. The van der Waals surface area contributed by atoms with Gasteiger partial charge in [0.1, 0.15) is 0 Å². The topological polar surface area (TPSA) is 0 Å². The minimum absolute atomic E-state index is 0.293. The molecule has 0 N–H and O–H groups in total. The molecular formula is C2H6B27. The molecule has 0 amide bonds. The molecule has 0 aliphatic heterocycles. The van der Waals surface area contributed by atoms with Gasteiger partial charge < -0.3 is 0 Å². The first-order valence-electron chi connectivity index (χ1n) is 9.82. The van der Waals surface area contributed by atoms with Crippen LogP contribution >= 0.6 is 0 Å². The number of hydrogen-bond acceptors (Lipinski definition) is 0. The highest BCUT2D eigenvalue weighted by atomic mass is 13.4. The fraction of sp³-hybridized carbons (Fsp3) is 1.00. The van der Waals surface area contributed by atoms with Gasteiger partial charge in [0.25, 0.3) is 0 Å². The predicted molar refractivity (Wildman–Crippen MR) is 167 cm³/mol. The Kier molecular flexibility index (Phi) is 15.0. The lowest BCUT2D eigenvalue weighted by atomic mass is 8.38. The molecule has 0 aliphatic carbocycles. The second-order valence-electron chi connectivity index (χ2n) is 8.26. The van der Waals surface area contributed by atoms with Crippen molar-refractivity contribution in [2.75, 3.05) is 0 Å². The Labute approximate surface area is 203 Å². The second kappa shape index (κ2) is 14.1. The van der Waals surface area contributed by atoms with E-state index in [-0.39, 0.29) is 19.4 Å². The molecule has 0 aromatic rings. The van der Waals surface area contributed by atoms with Gasteiger partial charge in [-0.15, -0.1) is 13.6 Å². The van der Waals surface area contributed by atoms with E-state index in [2.05, 4.69) is 0 Å². The third kappa shape index (κ3) is 8.56. The van der Waals surface area contributed by atoms with Gasteiger partial charge in [0, 0.05) is 191 Å². The fourth-order valence-corrected chi connectivity index (χ4v) is 4.76. The van der Waals surface area contributed by atoms with Crippen molar-refractivity contribution in [3.8, 4) is 0 Å². The van der Waals surface area contributed by atoms with Crippen molar-refractivity contribution in [2.45, 2.75) is 13.6 Å². The van der Waals surface area contributed by atoms with E-state index in [9.17, 15) is 0 Å². The van der Waals surface area contributed by atoms with E-state index in [1.807, 2.05) is 13.6 Å². The van der Waals surface area contributed by atoms with Crippen LogP contribution in [-0.2, 0) is 0 Å². The summed E-state index contributed by atoms with van der Waals surface area (Å²) in [5.74, 6) is 0. The first-order chi connectivity index (χ1) is 13.2. The van der Waals surface area contributed by atoms with Gasteiger partial charge in [-0.05, 0) is 0 Å². The number of rotatable bonds is 13. The normalized spacial score (nSPS) is 9.45. The van der Waals surface area contributed by atoms with Gasteiger partial charge in [0.2, 0.25) is 0 Å². The molecule has 0 nitrogen and oxygen atoms in total. The highest BCUT2D eigenvalue weighted by molar-refractivity contribution is 8.18. The molecule has 0 bridgehead atoms. The van der Waals surface area contributed by atoms with E-state index in [0.717, 1.165) is 0 Å². The lowest BCUT2D eigenvalue weighted by Gasteiger charge is -2.45. The lowest BCUT2D eigenvalue weighted by molar-refractivity contribution is 2.29. The maximum atomic E-state index is 6.25. The van der Waals surface area contributed by atoms with Gasteiger partial charge >= 0.3 is 0 Å². The average molecular weight is 322 g/mol. The molecule has 0 atom stereocenters. The molecule has 0 heterocycles. The van der Waals surface area contributed by atoms with Crippen LogP contribution in [0, 0.1) is 0 Å². The predicted octanol–water partition coefficient (Wildman–Crippen LogP) is -9.11. The van der Waals surface area contributed by atoms with Crippen LogP contribution < -0.4 is 0 Å². The average Bonchev–Trinajstić information content (AvgIpc) is 2.56. The Balaban J connectivity index is 6.45. The summed E-state index contributed by atoms with van der Waals surface area (Å²) in [4.78, 5) is 0. The molecule has 27 radical (unpaired) electrons. The van der Waals surface area contributed by atoms with Crippen molar-refractivity contribution in [1.29, 1.82) is 0 Å². The monoisotopic (exact) mass is 327 g/mol. The van der Waals surface area contributed by atoms with Gasteiger partial charge in [0.05, 0.1) is 0 Å². The number of hydrogen-bond donors (Lipinski definition) is 0. The molecule has 95 valence electrons. The maximum absolute atomic E-state index is 6.25. The van der Waals surface area contributed by atoms with Crippen LogP contribution in [0.2, 0.25) is 13.6 Å². The molecule has 0 aromatic carbocycles. The van der Waals surface area contributed by atoms with Gasteiger partial charge in [-0.2, -0.15) is 0 Å². The van der Waals surface area contributed by atoms with E-state index >= 15 is 0 Å². The molecule has 0 fully saturated rings. The standard InChI is InChI=1S/C2H6B27/c1-17(27(20(6)7)21(8)9)26(29(23(12)13)24(14)16-3)18(2)28(22(10)11)25(15)19(4)5/h1-2H3. The van der Waals surface area contributed by atoms with Crippen LogP contribution in [0.25, 0.3) is 0 Å². The second-order valence-corrected chi connectivity index (χ2v) is 8.26. The summed E-state index contributed by atoms with van der Waals surface area (Å²) >= 11 is 0. The Morgan fingerprint density at radius 1 is 0.448 bits per heavy atom. The van der Waals surface area contributed by atoms with E-state index in [4.69, 9.17) is 101 Å². The van der Waals surface area contributed by atoms with Crippen molar-refractivity contribution in [1.82, 2.24) is 0 Å². The molecule has 0 saturated heterocycles. The van der Waals surface area contributed by atoms with Crippen LogP contribution in [0.4, 0.5) is 0 Å². The highest BCUT2D eigenvalue weighted by Gasteiger charge is 2.49. The van der Waals surface area contributed by atoms with Crippen molar-refractivity contribution >= 4 is 191 Å². The van der Waals surface area contributed by atoms with Gasteiger partial charge in [-0.3, -0.25) is 0 Å². The summed E-state index contributed by atoms with van der Waals surface area (Å²) in [6.07, 6.45) is -7.33. The fourth-order valence-electron chi connectivity index (χ4n) is 4.76. The molecule has 0 aliphatic rings. The molecule has 27 heteroatoms. The molecule has 29 heavy (non-hydrogen) atoms. The molecule has 0 unspecified atom stereocenters. The maximum Gasteiger partial charge on any atom is 0.0420 e. The van der Waals surface area contributed by atoms with Crippen molar-refractivity contribution in [3.63, 3.8) is 0 Å². The largest absolute Gasteiger partial charge is 0.101 e. The quantitative estimate of drug-likeness (QED) is 0.296. The van der Waals surface area contributed by atoms with E-state index in [1.54, 1.807) is 0 Å². The summed E-state index contributed by atoms with van der Waals surface area (Å²) in [6, 6.07) is 0. The van der Waals surface area contributed by atoms with Crippen molar-refractivity contribution < 1.29 is 0 Å². The highest BCUT2D eigenvalue weighted by Crippen LogP contribution is 2.13. The Morgan fingerprint density at radius 3 is 1.07 bits per heavy atom. The molecule has 0 spiro atoms. The third-order valence-corrected chi connectivity index (χ3v) is 6.21. The lowest BCUT2D eigenvalue weighted by Crippen LogP contribution is -2.82. The van der Waals surface area contributed by atoms with E-state index in [1.165, 1.54) is 7.06 Å². The molecule has 0 rings (SSSR count). The van der Waals surface area contributed by atoms with E-state index in [0.29, 0.717) is 0 Å². The van der Waals surface area contributed by atoms with Crippen molar-refractivity contribution in [2.24, 2.45) is 0 Å². The van der Waals surface area contributed by atoms with Crippen molar-refractivity contribution in [3.05, 3.63) is 0 Å². The zero-order valence-corrected chi connectivity index (χ0v) is 17.6. The molecular weight excluding hydrogens is 316 g/mol. The first kappa shape index (κ1) is 30.8. The summed E-state index contributed by atoms with van der Waals surface area (Å²) in [7, 11) is 79.5. The Hall–Kier alpha value is 1.75. The SMILES string of the molecule is [B][B]B([B])B(B([B])[B])B(B(C)B(B([B])[B])B([B])[B])B(C)B(B([B])[B])B([B])B([B])[B]. The minimum atomic E-state index is -0.850. The van der Waals surface area contributed by atoms with Crippen LogP contribution in [0.5, 0.6) is 0 Å². The Morgan fingerprint density at radius 2 is 0.793 bits per heavy atom. The minimum Gasteiger partial charge on any atom is -0.101 e. The zero-order valence-electron chi connectivity index (χ0n) is 17.6. The van der Waals surface area contributed by atoms with Gasteiger partial charge in [0.15, 0.2) is 0 Å². The summed E-state index contributed by atoms with van der Waals surface area (Å²) < 4.78 is 0. The smallest absolute Gasteiger partial charge is 0.0420 e. The Bertz CT molecular complexity index is 418. The summed E-state index contributed by atoms with van der Waals surface area (Å²) in [5.41, 5.74) is 0. The molecule has 0 aromatic heterocycles. The zero-order chi connectivity index (χ0) is 23.2. The summed E-state index contributed by atoms with van der Waals surface area (Å²) in [5, 5.41) is 0. The third-order valence-electron chi connectivity index (χ3n) is 6.21. The van der Waals surface area contributed by atoms with E-state index < -0.39 is 63.9 Å².